The molecule has 3 nitrogen and oxygen atoms in total. The van der Waals surface area contributed by atoms with Crippen molar-refractivity contribution in [1.82, 2.24) is 5.32 Å². The van der Waals surface area contributed by atoms with Crippen LogP contribution in [-0.4, -0.2) is 17.7 Å². The van der Waals surface area contributed by atoms with Gasteiger partial charge in [-0.05, 0) is 57.7 Å². The molecule has 0 bridgehead atoms. The number of rotatable bonds is 6. The second-order valence-corrected chi connectivity index (χ2v) is 6.19. The lowest BCUT2D eigenvalue weighted by Gasteiger charge is -2.27. The average molecular weight is 272 g/mol. The number of ether oxygens (including phenoxy) is 1. The molecule has 20 heavy (non-hydrogen) atoms. The van der Waals surface area contributed by atoms with E-state index in [1.807, 2.05) is 26.0 Å². The second-order valence-electron chi connectivity index (χ2n) is 6.19. The van der Waals surface area contributed by atoms with Gasteiger partial charge in [0.15, 0.2) is 0 Å². The summed E-state index contributed by atoms with van der Waals surface area (Å²) in [6, 6.07) is 9.01. The van der Waals surface area contributed by atoms with Crippen LogP contribution in [0.3, 0.4) is 0 Å². The molecule has 2 unspecified atom stereocenters. The van der Waals surface area contributed by atoms with Gasteiger partial charge < -0.3 is 4.74 Å². The number of hydrogen-bond donors (Lipinski definition) is 1. The Bertz CT molecular complexity index is 516. The molecule has 2 atom stereocenters. The van der Waals surface area contributed by atoms with E-state index in [-0.39, 0.29) is 6.10 Å². The molecule has 1 aliphatic rings. The Morgan fingerprint density at radius 3 is 2.75 bits per heavy atom. The molecule has 108 valence electrons. The first-order valence-corrected chi connectivity index (χ1v) is 7.35. The van der Waals surface area contributed by atoms with Gasteiger partial charge in [0.2, 0.25) is 0 Å². The first kappa shape index (κ1) is 14.9. The van der Waals surface area contributed by atoms with Crippen LogP contribution in [0.5, 0.6) is 5.75 Å². The van der Waals surface area contributed by atoms with E-state index in [2.05, 4.69) is 31.3 Å². The van der Waals surface area contributed by atoms with Crippen LogP contribution in [-0.2, 0) is 0 Å². The van der Waals surface area contributed by atoms with Crippen LogP contribution in [0.1, 0.15) is 44.2 Å². The molecule has 1 aliphatic carbocycles. The predicted octanol–water partition coefficient (Wildman–Crippen LogP) is 3.50. The Morgan fingerprint density at radius 1 is 1.45 bits per heavy atom. The van der Waals surface area contributed by atoms with Gasteiger partial charge in [0.05, 0.1) is 12.2 Å². The van der Waals surface area contributed by atoms with Crippen LogP contribution in [0.4, 0.5) is 0 Å². The van der Waals surface area contributed by atoms with Crippen LogP contribution in [0.2, 0.25) is 0 Å². The highest BCUT2D eigenvalue weighted by Crippen LogP contribution is 2.27. The fraction of sp³-hybridized carbons (Fsp3) is 0.588. The molecule has 1 fully saturated rings. The third-order valence-electron chi connectivity index (χ3n) is 3.93. The van der Waals surface area contributed by atoms with E-state index in [1.165, 1.54) is 24.0 Å². The lowest BCUT2D eigenvalue weighted by Crippen LogP contribution is -2.45. The van der Waals surface area contributed by atoms with E-state index in [4.69, 9.17) is 4.74 Å². The minimum Gasteiger partial charge on any atom is -0.490 e. The van der Waals surface area contributed by atoms with E-state index in [1.54, 1.807) is 0 Å². The monoisotopic (exact) mass is 272 g/mol. The maximum absolute atomic E-state index is 9.41. The summed E-state index contributed by atoms with van der Waals surface area (Å²) < 4.78 is 6.03. The van der Waals surface area contributed by atoms with Crippen molar-refractivity contribution in [2.24, 2.45) is 0 Å². The summed E-state index contributed by atoms with van der Waals surface area (Å²) in [6.07, 6.45) is 3.06. The van der Waals surface area contributed by atoms with Gasteiger partial charge >= 0.3 is 0 Å². The maximum atomic E-state index is 9.41. The van der Waals surface area contributed by atoms with Crippen molar-refractivity contribution in [2.75, 3.05) is 0 Å². The van der Waals surface area contributed by atoms with Crippen LogP contribution < -0.4 is 10.1 Å². The summed E-state index contributed by atoms with van der Waals surface area (Å²) in [5, 5.41) is 12.8. The highest BCUT2D eigenvalue weighted by molar-refractivity contribution is 5.38. The number of nitriles is 1. The normalized spacial score (nSPS) is 18.9. The zero-order chi connectivity index (χ0) is 14.8. The van der Waals surface area contributed by atoms with E-state index < -0.39 is 5.54 Å². The summed E-state index contributed by atoms with van der Waals surface area (Å²) in [7, 11) is 0. The summed E-state index contributed by atoms with van der Waals surface area (Å²) >= 11 is 0. The molecule has 0 heterocycles. The lowest BCUT2D eigenvalue weighted by molar-refractivity contribution is 0.178. The maximum Gasteiger partial charge on any atom is 0.122 e. The van der Waals surface area contributed by atoms with Crippen molar-refractivity contribution < 1.29 is 4.74 Å². The number of nitrogens with one attached hydrogen (secondary N) is 1. The largest absolute Gasteiger partial charge is 0.490 e. The minimum atomic E-state index is -0.502. The molecule has 3 heteroatoms. The van der Waals surface area contributed by atoms with Crippen LogP contribution in [0, 0.1) is 25.2 Å². The molecule has 1 saturated carbocycles. The third kappa shape index (κ3) is 3.74. The molecule has 1 aromatic carbocycles. The van der Waals surface area contributed by atoms with E-state index in [0.29, 0.717) is 12.5 Å². The average Bonchev–Trinajstić information content (AvgIpc) is 3.18. The van der Waals surface area contributed by atoms with E-state index in [9.17, 15) is 5.26 Å². The Morgan fingerprint density at radius 2 is 2.15 bits per heavy atom. The predicted molar refractivity (Wildman–Crippen MR) is 80.8 cm³/mol. The minimum absolute atomic E-state index is 0.00593. The molecule has 0 radical (unpaired) electrons. The topological polar surface area (TPSA) is 45.0 Å². The molecule has 0 aromatic heterocycles. The number of benzene rings is 1. The van der Waals surface area contributed by atoms with Gasteiger partial charge in [0.1, 0.15) is 11.3 Å². The fourth-order valence-corrected chi connectivity index (χ4v) is 2.50. The van der Waals surface area contributed by atoms with Crippen molar-refractivity contribution in [3.8, 4) is 11.8 Å². The van der Waals surface area contributed by atoms with Gasteiger partial charge in [-0.3, -0.25) is 5.32 Å². The van der Waals surface area contributed by atoms with Crippen LogP contribution >= 0.6 is 0 Å². The molecule has 1 N–H and O–H groups in total. The first-order chi connectivity index (χ1) is 9.43. The van der Waals surface area contributed by atoms with Gasteiger partial charge in [0.25, 0.3) is 0 Å². The van der Waals surface area contributed by atoms with Gasteiger partial charge in [0, 0.05) is 12.5 Å². The molecular formula is C17H24N2O. The molecule has 2 rings (SSSR count). The number of hydrogen-bond acceptors (Lipinski definition) is 3. The lowest BCUT2D eigenvalue weighted by atomic mass is 9.96. The van der Waals surface area contributed by atoms with Crippen molar-refractivity contribution in [1.29, 1.82) is 5.26 Å². The molecule has 0 saturated heterocycles. The Labute approximate surface area is 121 Å². The Hall–Kier alpha value is -1.53. The highest BCUT2D eigenvalue weighted by atomic mass is 16.5. The summed E-state index contributed by atoms with van der Waals surface area (Å²) in [6.45, 7) is 8.16. The quantitative estimate of drug-likeness (QED) is 0.862. The van der Waals surface area contributed by atoms with Gasteiger partial charge in [-0.2, -0.15) is 5.26 Å². The second kappa shape index (κ2) is 5.85. The van der Waals surface area contributed by atoms with Crippen molar-refractivity contribution in [2.45, 2.75) is 64.6 Å². The molecular weight excluding hydrogens is 248 g/mol. The summed E-state index contributed by atoms with van der Waals surface area (Å²) in [5.41, 5.74) is 1.90. The number of aryl methyl sites for hydroxylation is 1. The van der Waals surface area contributed by atoms with E-state index >= 15 is 0 Å². The molecule has 0 aliphatic heterocycles. The first-order valence-electron chi connectivity index (χ1n) is 7.35. The highest BCUT2D eigenvalue weighted by Gasteiger charge is 2.34. The van der Waals surface area contributed by atoms with Crippen LogP contribution in [0.15, 0.2) is 18.2 Å². The van der Waals surface area contributed by atoms with Gasteiger partial charge in [-0.15, -0.1) is 0 Å². The Kier molecular flexibility index (Phi) is 4.35. The van der Waals surface area contributed by atoms with Gasteiger partial charge in [-0.25, -0.2) is 0 Å². The molecule has 0 amide bonds. The zero-order valence-electron chi connectivity index (χ0n) is 12.9. The fourth-order valence-electron chi connectivity index (χ4n) is 2.50. The smallest absolute Gasteiger partial charge is 0.122 e. The van der Waals surface area contributed by atoms with Gasteiger partial charge in [-0.1, -0.05) is 12.1 Å². The van der Waals surface area contributed by atoms with Crippen LogP contribution in [0.25, 0.3) is 0 Å². The molecule has 1 aromatic rings. The Balaban J connectivity index is 1.99. The summed E-state index contributed by atoms with van der Waals surface area (Å²) in [5.74, 6) is 0.921. The number of nitrogens with zero attached hydrogens (tertiary/aromatic N) is 1. The molecule has 0 spiro atoms. The standard InChI is InChI=1S/C17H24N2O/c1-12-6-5-7-16(14(12)3)20-13(2)10-17(4,11-18)19-15-8-9-15/h5-7,13,15,19H,8-10H2,1-4H3. The van der Waals surface area contributed by atoms with E-state index in [0.717, 1.165) is 5.75 Å². The summed E-state index contributed by atoms with van der Waals surface area (Å²) in [4.78, 5) is 0. The van der Waals surface area contributed by atoms with Crippen molar-refractivity contribution in [3.05, 3.63) is 29.3 Å². The van der Waals surface area contributed by atoms with Crippen molar-refractivity contribution >= 4 is 0 Å². The third-order valence-corrected chi connectivity index (χ3v) is 3.93. The van der Waals surface area contributed by atoms with Crippen molar-refractivity contribution in [3.63, 3.8) is 0 Å². The SMILES string of the molecule is Cc1cccc(OC(C)CC(C)(C#N)NC2CC2)c1C. The zero-order valence-corrected chi connectivity index (χ0v) is 12.9.